The average molecular weight is 293 g/mol. The number of H-pyrrole nitrogens is 1. The van der Waals surface area contributed by atoms with Crippen molar-refractivity contribution in [2.24, 2.45) is 0 Å². The van der Waals surface area contributed by atoms with Crippen LogP contribution in [-0.2, 0) is 6.54 Å². The lowest BCUT2D eigenvalue weighted by Gasteiger charge is -2.26. The molecule has 4 rings (SSSR count). The molecule has 3 aromatic rings. The predicted octanol–water partition coefficient (Wildman–Crippen LogP) is 2.87. The summed E-state index contributed by atoms with van der Waals surface area (Å²) < 4.78 is 0. The van der Waals surface area contributed by atoms with Crippen LogP contribution in [0.15, 0.2) is 48.8 Å². The minimum absolute atomic E-state index is 0.291. The molecule has 0 fully saturated rings. The van der Waals surface area contributed by atoms with Crippen LogP contribution in [-0.4, -0.2) is 21.6 Å². The van der Waals surface area contributed by atoms with Gasteiger partial charge in [-0.3, -0.25) is 4.98 Å². The highest BCUT2D eigenvalue weighted by Gasteiger charge is 2.26. The van der Waals surface area contributed by atoms with Gasteiger partial charge in [0.1, 0.15) is 0 Å². The van der Waals surface area contributed by atoms with Crippen molar-refractivity contribution >= 4 is 10.9 Å². The lowest BCUT2D eigenvalue weighted by Crippen LogP contribution is -2.29. The molecule has 1 aliphatic rings. The van der Waals surface area contributed by atoms with Crippen molar-refractivity contribution in [3.05, 3.63) is 65.6 Å². The van der Waals surface area contributed by atoms with Crippen LogP contribution < -0.4 is 5.32 Å². The van der Waals surface area contributed by atoms with E-state index in [0.29, 0.717) is 12.3 Å². The van der Waals surface area contributed by atoms with Gasteiger partial charge in [-0.1, -0.05) is 18.2 Å². The molecule has 2 aromatic heterocycles. The number of pyridine rings is 1. The first kappa shape index (κ1) is 13.5. The van der Waals surface area contributed by atoms with Crippen LogP contribution in [0.3, 0.4) is 0 Å². The maximum Gasteiger partial charge on any atom is 0.0798 e. The fourth-order valence-corrected chi connectivity index (χ4v) is 3.43. The van der Waals surface area contributed by atoms with Gasteiger partial charge in [-0.15, -0.1) is 0 Å². The second-order valence-electron chi connectivity index (χ2n) is 5.92. The average Bonchev–Trinajstić information content (AvgIpc) is 2.95. The Morgan fingerprint density at radius 3 is 2.86 bits per heavy atom. The van der Waals surface area contributed by atoms with E-state index >= 15 is 0 Å². The Kier molecular flexibility index (Phi) is 3.41. The van der Waals surface area contributed by atoms with Gasteiger partial charge < -0.3 is 15.4 Å². The highest BCUT2D eigenvalue weighted by atomic mass is 16.3. The number of fused-ring (bicyclic) bond motifs is 3. The van der Waals surface area contributed by atoms with Gasteiger partial charge in [-0.2, -0.15) is 0 Å². The molecule has 0 spiro atoms. The van der Waals surface area contributed by atoms with E-state index in [1.807, 2.05) is 12.1 Å². The number of hydrogen-bond acceptors (Lipinski definition) is 3. The summed E-state index contributed by atoms with van der Waals surface area (Å²) in [6.07, 6.45) is 3.70. The predicted molar refractivity (Wildman–Crippen MR) is 86.6 cm³/mol. The minimum atomic E-state index is -0.466. The normalized spacial score (nSPS) is 19.0. The molecular formula is C18H19N3O. The Bertz CT molecular complexity index is 781. The third-order valence-corrected chi connectivity index (χ3v) is 4.55. The van der Waals surface area contributed by atoms with Crippen LogP contribution in [0.4, 0.5) is 0 Å². The van der Waals surface area contributed by atoms with E-state index in [0.717, 1.165) is 18.7 Å². The smallest absolute Gasteiger partial charge is 0.0798 e. The second-order valence-corrected chi connectivity index (χ2v) is 5.92. The zero-order valence-electron chi connectivity index (χ0n) is 12.3. The monoisotopic (exact) mass is 293 g/mol. The van der Waals surface area contributed by atoms with Crippen molar-refractivity contribution in [2.75, 3.05) is 6.54 Å². The third kappa shape index (κ3) is 2.30. The maximum absolute atomic E-state index is 10.5. The van der Waals surface area contributed by atoms with Crippen molar-refractivity contribution in [3.8, 4) is 0 Å². The molecular weight excluding hydrogens is 274 g/mol. The van der Waals surface area contributed by atoms with E-state index in [1.54, 1.807) is 12.4 Å². The highest BCUT2D eigenvalue weighted by Crippen LogP contribution is 2.35. The van der Waals surface area contributed by atoms with E-state index in [-0.39, 0.29) is 0 Å². The largest absolute Gasteiger partial charge is 0.388 e. The summed E-state index contributed by atoms with van der Waals surface area (Å²) in [5.41, 5.74) is 4.72. The van der Waals surface area contributed by atoms with E-state index in [1.165, 1.54) is 22.2 Å². The summed E-state index contributed by atoms with van der Waals surface area (Å²) in [4.78, 5) is 7.57. The van der Waals surface area contributed by atoms with Crippen molar-refractivity contribution in [1.29, 1.82) is 0 Å². The molecule has 3 N–H and O–H groups in total. The van der Waals surface area contributed by atoms with Gasteiger partial charge >= 0.3 is 0 Å². The minimum Gasteiger partial charge on any atom is -0.388 e. The Labute approximate surface area is 129 Å². The quantitative estimate of drug-likeness (QED) is 0.696. The van der Waals surface area contributed by atoms with Crippen molar-refractivity contribution in [1.82, 2.24) is 15.3 Å². The SMILES string of the molecule is OC(CC1CNCc2c1[nH]c1ccccc21)c1ccncc1. The number of hydrogen-bond donors (Lipinski definition) is 3. The second kappa shape index (κ2) is 5.55. The number of rotatable bonds is 3. The number of benzene rings is 1. The van der Waals surface area contributed by atoms with Crippen molar-refractivity contribution in [2.45, 2.75) is 25.0 Å². The molecule has 1 aromatic carbocycles. The molecule has 22 heavy (non-hydrogen) atoms. The molecule has 112 valence electrons. The first-order valence-corrected chi connectivity index (χ1v) is 7.71. The maximum atomic E-state index is 10.5. The number of nitrogens with one attached hydrogen (secondary N) is 2. The van der Waals surface area contributed by atoms with Gasteiger partial charge in [0.05, 0.1) is 6.10 Å². The van der Waals surface area contributed by atoms with Crippen LogP contribution in [0.1, 0.15) is 35.3 Å². The molecule has 2 unspecified atom stereocenters. The Morgan fingerprint density at radius 1 is 1.18 bits per heavy atom. The molecule has 0 radical (unpaired) electrons. The zero-order chi connectivity index (χ0) is 14.9. The number of aromatic amines is 1. The van der Waals surface area contributed by atoms with Crippen LogP contribution in [0.5, 0.6) is 0 Å². The Hall–Kier alpha value is -2.17. The molecule has 0 saturated carbocycles. The molecule has 2 atom stereocenters. The molecule has 1 aliphatic heterocycles. The molecule has 0 amide bonds. The first-order valence-electron chi connectivity index (χ1n) is 7.71. The number of aliphatic hydroxyl groups excluding tert-OH is 1. The fourth-order valence-electron chi connectivity index (χ4n) is 3.43. The molecule has 0 bridgehead atoms. The standard InChI is InChI=1S/C18H19N3O/c22-17(12-5-7-19-8-6-12)9-13-10-20-11-15-14-3-1-2-4-16(14)21-18(13)15/h1-8,13,17,20-22H,9-11H2. The third-order valence-electron chi connectivity index (χ3n) is 4.55. The number of aliphatic hydroxyl groups is 1. The van der Waals surface area contributed by atoms with E-state index < -0.39 is 6.10 Å². The Balaban J connectivity index is 1.65. The zero-order valence-corrected chi connectivity index (χ0v) is 12.3. The van der Waals surface area contributed by atoms with Crippen LogP contribution in [0, 0.1) is 0 Å². The number of para-hydroxylation sites is 1. The summed E-state index contributed by atoms with van der Waals surface area (Å²) in [7, 11) is 0. The topological polar surface area (TPSA) is 60.9 Å². The van der Waals surface area contributed by atoms with Gasteiger partial charge in [-0.05, 0) is 35.7 Å². The first-order chi connectivity index (χ1) is 10.8. The molecule has 0 aliphatic carbocycles. The van der Waals surface area contributed by atoms with Gasteiger partial charge in [0.15, 0.2) is 0 Å². The van der Waals surface area contributed by atoms with Crippen LogP contribution in [0.25, 0.3) is 10.9 Å². The van der Waals surface area contributed by atoms with Gasteiger partial charge in [0.2, 0.25) is 0 Å². The molecule has 0 saturated heterocycles. The molecule has 3 heterocycles. The van der Waals surface area contributed by atoms with Crippen LogP contribution in [0.2, 0.25) is 0 Å². The highest BCUT2D eigenvalue weighted by molar-refractivity contribution is 5.85. The summed E-state index contributed by atoms with van der Waals surface area (Å²) in [5.74, 6) is 0.291. The van der Waals surface area contributed by atoms with Crippen LogP contribution >= 0.6 is 0 Å². The van der Waals surface area contributed by atoms with Crippen molar-refractivity contribution in [3.63, 3.8) is 0 Å². The van der Waals surface area contributed by atoms with Crippen molar-refractivity contribution < 1.29 is 5.11 Å². The molecule has 4 nitrogen and oxygen atoms in total. The Morgan fingerprint density at radius 2 is 2.00 bits per heavy atom. The number of aromatic nitrogens is 2. The lowest BCUT2D eigenvalue weighted by molar-refractivity contribution is 0.154. The summed E-state index contributed by atoms with van der Waals surface area (Å²) in [5, 5.41) is 15.3. The van der Waals surface area contributed by atoms with Gasteiger partial charge in [0, 0.05) is 48.0 Å². The van der Waals surface area contributed by atoms with E-state index in [2.05, 4.69) is 39.6 Å². The van der Waals surface area contributed by atoms with E-state index in [9.17, 15) is 5.11 Å². The summed E-state index contributed by atoms with van der Waals surface area (Å²) in [6, 6.07) is 12.2. The van der Waals surface area contributed by atoms with E-state index in [4.69, 9.17) is 0 Å². The van der Waals surface area contributed by atoms with Gasteiger partial charge in [-0.25, -0.2) is 0 Å². The number of nitrogens with zero attached hydrogens (tertiary/aromatic N) is 1. The lowest BCUT2D eigenvalue weighted by atomic mass is 9.89. The molecule has 4 heteroatoms. The fraction of sp³-hybridized carbons (Fsp3) is 0.278. The summed E-state index contributed by atoms with van der Waals surface area (Å²) in [6.45, 7) is 1.78. The van der Waals surface area contributed by atoms with Gasteiger partial charge in [0.25, 0.3) is 0 Å². The summed E-state index contributed by atoms with van der Waals surface area (Å²) >= 11 is 0.